The molecule has 0 radical (unpaired) electrons. The van der Waals surface area contributed by atoms with Gasteiger partial charge in [-0.1, -0.05) is 77.8 Å². The average molecular weight is 311 g/mol. The summed E-state index contributed by atoms with van der Waals surface area (Å²) in [5.41, 5.74) is 2.60. The summed E-state index contributed by atoms with van der Waals surface area (Å²) in [4.78, 5) is 0. The molecular weight excluding hydrogens is 301 g/mol. The second-order valence-electron chi connectivity index (χ2n) is 4.27. The minimum absolute atomic E-state index is 0.658. The van der Waals surface area contributed by atoms with Crippen LogP contribution in [-0.4, -0.2) is 4.57 Å². The van der Waals surface area contributed by atoms with E-state index >= 15 is 0 Å². The number of hydrogen-bond acceptors (Lipinski definition) is 0. The van der Waals surface area contributed by atoms with Gasteiger partial charge in [-0.3, -0.25) is 0 Å². The molecular formula is C15H10Cl3N. The van der Waals surface area contributed by atoms with E-state index in [4.69, 9.17) is 34.8 Å². The Balaban J connectivity index is 2.60. The first-order valence-corrected chi connectivity index (χ1v) is 6.89. The van der Waals surface area contributed by atoms with E-state index in [-0.39, 0.29) is 0 Å². The maximum absolute atomic E-state index is 6.08. The largest absolute Gasteiger partial charge is 0.316 e. The number of fused-ring (bicyclic) bond motifs is 3. The van der Waals surface area contributed by atoms with E-state index in [1.807, 2.05) is 41.0 Å². The molecule has 0 fully saturated rings. The zero-order valence-corrected chi connectivity index (χ0v) is 12.2. The van der Waals surface area contributed by atoms with Crippen molar-refractivity contribution in [1.82, 2.24) is 4.57 Å². The first-order valence-electron chi connectivity index (χ1n) is 5.75. The molecule has 0 aliphatic carbocycles. The summed E-state index contributed by atoms with van der Waals surface area (Å²) in [6.45, 7) is 3.86. The fourth-order valence-corrected chi connectivity index (χ4v) is 2.93. The maximum Gasteiger partial charge on any atom is 0.218 e. The number of nitrogens with zero attached hydrogens (tertiary/aromatic N) is 1. The second kappa shape index (κ2) is 4.45. The average Bonchev–Trinajstić information content (AvgIpc) is 2.71. The molecule has 96 valence electrons. The van der Waals surface area contributed by atoms with E-state index in [9.17, 15) is 0 Å². The van der Waals surface area contributed by atoms with Gasteiger partial charge in [0.15, 0.2) is 0 Å². The minimum Gasteiger partial charge on any atom is -0.316 e. The van der Waals surface area contributed by atoms with Crippen LogP contribution in [0.4, 0.5) is 0 Å². The molecule has 4 heteroatoms. The Kier molecular flexibility index (Phi) is 3.01. The Morgan fingerprint density at radius 3 is 2.32 bits per heavy atom. The zero-order valence-electron chi connectivity index (χ0n) is 9.91. The highest BCUT2D eigenvalue weighted by atomic mass is 35.6. The van der Waals surface area contributed by atoms with E-state index in [2.05, 4.69) is 12.6 Å². The number of para-hydroxylation sites is 2. The van der Waals surface area contributed by atoms with E-state index in [0.29, 0.717) is 5.56 Å². The highest BCUT2D eigenvalue weighted by Crippen LogP contribution is 2.43. The topological polar surface area (TPSA) is 4.93 Å². The molecule has 0 saturated carbocycles. The number of rotatable bonds is 1. The number of halogens is 3. The summed E-state index contributed by atoms with van der Waals surface area (Å²) in [7, 11) is 0. The van der Waals surface area contributed by atoms with Crippen molar-refractivity contribution in [2.75, 3.05) is 0 Å². The SMILES string of the molecule is C=Cn1c2ccccc2c2cccc(C(Cl)(Cl)Cl)c21. The van der Waals surface area contributed by atoms with Crippen LogP contribution in [0.2, 0.25) is 0 Å². The van der Waals surface area contributed by atoms with Crippen molar-refractivity contribution < 1.29 is 0 Å². The van der Waals surface area contributed by atoms with Crippen LogP contribution in [0.25, 0.3) is 28.0 Å². The third-order valence-corrected chi connectivity index (χ3v) is 3.83. The van der Waals surface area contributed by atoms with Gasteiger partial charge in [-0.25, -0.2) is 0 Å². The van der Waals surface area contributed by atoms with Gasteiger partial charge in [0, 0.05) is 22.5 Å². The molecule has 0 aliphatic rings. The van der Waals surface area contributed by atoms with Crippen LogP contribution in [0.1, 0.15) is 5.56 Å². The Hall–Kier alpha value is -1.15. The van der Waals surface area contributed by atoms with Crippen LogP contribution in [-0.2, 0) is 3.79 Å². The normalized spacial score (nSPS) is 12.2. The van der Waals surface area contributed by atoms with Gasteiger partial charge in [0.25, 0.3) is 0 Å². The first-order chi connectivity index (χ1) is 9.04. The fourth-order valence-electron chi connectivity index (χ4n) is 2.47. The predicted octanol–water partition coefficient (Wildman–Crippen LogP) is 5.72. The Labute approximate surface area is 126 Å². The van der Waals surface area contributed by atoms with Gasteiger partial charge < -0.3 is 4.57 Å². The van der Waals surface area contributed by atoms with Crippen LogP contribution < -0.4 is 0 Å². The summed E-state index contributed by atoms with van der Waals surface area (Å²) in [5, 5.41) is 2.17. The van der Waals surface area contributed by atoms with E-state index < -0.39 is 3.79 Å². The summed E-state index contributed by atoms with van der Waals surface area (Å²) >= 11 is 18.2. The molecule has 0 amide bonds. The smallest absolute Gasteiger partial charge is 0.218 e. The lowest BCUT2D eigenvalue weighted by atomic mass is 10.1. The van der Waals surface area contributed by atoms with Gasteiger partial charge in [0.05, 0.1) is 11.0 Å². The van der Waals surface area contributed by atoms with Gasteiger partial charge in [0.1, 0.15) is 0 Å². The van der Waals surface area contributed by atoms with Gasteiger partial charge in [-0.2, -0.15) is 0 Å². The first kappa shape index (κ1) is 12.9. The second-order valence-corrected chi connectivity index (χ2v) is 6.55. The van der Waals surface area contributed by atoms with Crippen molar-refractivity contribution in [2.24, 2.45) is 0 Å². The van der Waals surface area contributed by atoms with Crippen molar-refractivity contribution >= 4 is 62.8 Å². The molecule has 1 aromatic heterocycles. The molecule has 0 unspecified atom stereocenters. The lowest BCUT2D eigenvalue weighted by molar-refractivity contribution is 1.20. The van der Waals surface area contributed by atoms with Gasteiger partial charge in [-0.05, 0) is 6.07 Å². The van der Waals surface area contributed by atoms with Crippen LogP contribution in [0.5, 0.6) is 0 Å². The molecule has 0 saturated heterocycles. The number of benzene rings is 2. The Bertz CT molecular complexity index is 781. The third-order valence-electron chi connectivity index (χ3n) is 3.22. The van der Waals surface area contributed by atoms with Gasteiger partial charge in [0.2, 0.25) is 3.79 Å². The monoisotopic (exact) mass is 309 g/mol. The van der Waals surface area contributed by atoms with E-state index in [1.165, 1.54) is 0 Å². The van der Waals surface area contributed by atoms with Crippen LogP contribution in [0.15, 0.2) is 49.0 Å². The number of hydrogen-bond donors (Lipinski definition) is 0. The number of alkyl halides is 3. The summed E-state index contributed by atoms with van der Waals surface area (Å²) < 4.78 is 0.497. The van der Waals surface area contributed by atoms with Crippen molar-refractivity contribution in [3.05, 3.63) is 54.6 Å². The Morgan fingerprint density at radius 1 is 0.947 bits per heavy atom. The molecule has 0 bridgehead atoms. The van der Waals surface area contributed by atoms with E-state index in [1.54, 1.807) is 6.20 Å². The standard InChI is InChI=1S/C15H10Cl3N/c1-2-19-13-9-4-3-6-10(13)11-7-5-8-12(14(11)19)15(16,17)18/h2-9H,1H2. The molecule has 0 atom stereocenters. The lowest BCUT2D eigenvalue weighted by Gasteiger charge is -2.14. The predicted molar refractivity (Wildman–Crippen MR) is 85.1 cm³/mol. The molecule has 3 aromatic rings. The van der Waals surface area contributed by atoms with E-state index in [0.717, 1.165) is 21.8 Å². The summed E-state index contributed by atoms with van der Waals surface area (Å²) in [5.74, 6) is 0. The summed E-state index contributed by atoms with van der Waals surface area (Å²) in [6, 6.07) is 13.8. The zero-order chi connectivity index (χ0) is 13.6. The van der Waals surface area contributed by atoms with Crippen molar-refractivity contribution in [3.63, 3.8) is 0 Å². The molecule has 1 nitrogen and oxygen atoms in total. The van der Waals surface area contributed by atoms with Gasteiger partial charge in [-0.15, -0.1) is 0 Å². The quantitative estimate of drug-likeness (QED) is 0.506. The molecule has 0 N–H and O–H groups in total. The summed E-state index contributed by atoms with van der Waals surface area (Å²) in [6.07, 6.45) is 1.74. The molecule has 2 aromatic carbocycles. The lowest BCUT2D eigenvalue weighted by Crippen LogP contribution is -2.02. The minimum atomic E-state index is -1.46. The van der Waals surface area contributed by atoms with Crippen LogP contribution >= 0.6 is 34.8 Å². The molecule has 0 aliphatic heterocycles. The number of aromatic nitrogens is 1. The fraction of sp³-hybridized carbons (Fsp3) is 0.0667. The maximum atomic E-state index is 6.08. The molecule has 1 heterocycles. The molecule has 3 rings (SSSR count). The Morgan fingerprint density at radius 2 is 1.63 bits per heavy atom. The van der Waals surface area contributed by atoms with Crippen LogP contribution in [0, 0.1) is 0 Å². The van der Waals surface area contributed by atoms with Crippen molar-refractivity contribution in [1.29, 1.82) is 0 Å². The molecule has 0 spiro atoms. The van der Waals surface area contributed by atoms with Crippen molar-refractivity contribution in [2.45, 2.75) is 3.79 Å². The highest BCUT2D eigenvalue weighted by molar-refractivity contribution is 6.67. The highest BCUT2D eigenvalue weighted by Gasteiger charge is 2.27. The van der Waals surface area contributed by atoms with Crippen molar-refractivity contribution in [3.8, 4) is 0 Å². The molecule has 19 heavy (non-hydrogen) atoms. The third kappa shape index (κ3) is 1.93. The van der Waals surface area contributed by atoms with Crippen LogP contribution in [0.3, 0.4) is 0 Å². The van der Waals surface area contributed by atoms with Gasteiger partial charge >= 0.3 is 0 Å².